The minimum atomic E-state index is -3.92. The molecule has 1 heterocycles. The molecule has 1 aromatic rings. The molecule has 1 aliphatic heterocycles. The Morgan fingerprint density at radius 2 is 1.86 bits per heavy atom. The number of rotatable bonds is 4. The predicted octanol–water partition coefficient (Wildman–Crippen LogP) is 1.24. The molecule has 0 unspecified atom stereocenters. The van der Waals surface area contributed by atoms with E-state index in [1.807, 2.05) is 6.26 Å². The van der Waals surface area contributed by atoms with Gasteiger partial charge in [-0.1, -0.05) is 0 Å². The molecule has 116 valence electrons. The number of hydroxylamine groups is 1. The van der Waals surface area contributed by atoms with E-state index in [1.165, 1.54) is 29.4 Å². The highest BCUT2D eigenvalue weighted by molar-refractivity contribution is 7.98. The van der Waals surface area contributed by atoms with E-state index in [0.717, 1.165) is 4.90 Å². The smallest absolute Gasteiger partial charge is 0.265 e. The van der Waals surface area contributed by atoms with Crippen molar-refractivity contribution in [2.45, 2.75) is 27.4 Å². The van der Waals surface area contributed by atoms with Crippen molar-refractivity contribution >= 4 is 27.5 Å². The van der Waals surface area contributed by atoms with E-state index in [1.54, 1.807) is 12.1 Å². The van der Waals surface area contributed by atoms with E-state index < -0.39 is 20.5 Å². The lowest BCUT2D eigenvalue weighted by Crippen LogP contribution is -2.54. The van der Waals surface area contributed by atoms with Gasteiger partial charge in [-0.2, -0.15) is 0 Å². The van der Waals surface area contributed by atoms with Gasteiger partial charge in [0, 0.05) is 18.1 Å². The van der Waals surface area contributed by atoms with Crippen molar-refractivity contribution < 1.29 is 23.2 Å². The maximum atomic E-state index is 12.9. The highest BCUT2D eigenvalue weighted by Crippen LogP contribution is 2.35. The van der Waals surface area contributed by atoms with Gasteiger partial charge in [-0.3, -0.25) is 10.0 Å². The number of amides is 1. The second kappa shape index (κ2) is 6.35. The van der Waals surface area contributed by atoms with Crippen LogP contribution in [0.5, 0.6) is 0 Å². The van der Waals surface area contributed by atoms with Crippen molar-refractivity contribution in [1.29, 1.82) is 0 Å². The third kappa shape index (κ3) is 2.80. The fourth-order valence-electron chi connectivity index (χ4n) is 2.40. The Morgan fingerprint density at radius 1 is 1.29 bits per heavy atom. The summed E-state index contributed by atoms with van der Waals surface area (Å²) in [4.78, 5) is 13.0. The molecule has 0 aromatic heterocycles. The Hall–Kier alpha value is -1.09. The fourth-order valence-corrected chi connectivity index (χ4v) is 4.75. The van der Waals surface area contributed by atoms with Crippen molar-refractivity contribution in [3.05, 3.63) is 24.3 Å². The largest absolute Gasteiger partial charge is 0.381 e. The first-order chi connectivity index (χ1) is 9.98. The highest BCUT2D eigenvalue weighted by atomic mass is 32.2. The van der Waals surface area contributed by atoms with Crippen LogP contribution >= 0.6 is 11.8 Å². The lowest BCUT2D eigenvalue weighted by atomic mass is 9.98. The average molecular weight is 331 g/mol. The van der Waals surface area contributed by atoms with E-state index in [4.69, 9.17) is 9.94 Å². The zero-order chi connectivity index (χ0) is 15.5. The number of thioether (sulfide) groups is 1. The predicted molar refractivity (Wildman–Crippen MR) is 78.1 cm³/mol. The Labute approximate surface area is 127 Å². The number of nitrogens with one attached hydrogen (secondary N) is 1. The van der Waals surface area contributed by atoms with Crippen molar-refractivity contribution in [2.75, 3.05) is 19.5 Å². The number of hydrogen-bond acceptors (Lipinski definition) is 6. The summed E-state index contributed by atoms with van der Waals surface area (Å²) in [7, 11) is -3.92. The number of carbonyl (C=O) groups excluding carboxylic acids is 1. The van der Waals surface area contributed by atoms with Crippen LogP contribution in [0.1, 0.15) is 12.8 Å². The third-order valence-electron chi connectivity index (χ3n) is 3.70. The van der Waals surface area contributed by atoms with Crippen LogP contribution in [0.4, 0.5) is 0 Å². The molecule has 1 aliphatic rings. The molecular formula is C13H17NO5S2. The van der Waals surface area contributed by atoms with Gasteiger partial charge in [0.05, 0.1) is 4.90 Å². The lowest BCUT2D eigenvalue weighted by Gasteiger charge is -2.34. The van der Waals surface area contributed by atoms with Crippen LogP contribution in [0.25, 0.3) is 0 Å². The van der Waals surface area contributed by atoms with Crippen LogP contribution in [-0.2, 0) is 19.4 Å². The molecule has 21 heavy (non-hydrogen) atoms. The lowest BCUT2D eigenvalue weighted by molar-refractivity contribution is -0.134. The molecule has 0 aliphatic carbocycles. The molecular weight excluding hydrogens is 314 g/mol. The first kappa shape index (κ1) is 16.3. The Bertz CT molecular complexity index is 606. The molecule has 0 saturated carbocycles. The van der Waals surface area contributed by atoms with Crippen molar-refractivity contribution in [3.63, 3.8) is 0 Å². The van der Waals surface area contributed by atoms with Gasteiger partial charge in [0.2, 0.25) is 0 Å². The van der Waals surface area contributed by atoms with Gasteiger partial charge in [-0.25, -0.2) is 13.9 Å². The second-order valence-corrected chi connectivity index (χ2v) is 7.87. The number of hydrogen-bond donors (Lipinski definition) is 2. The molecule has 0 bridgehead atoms. The zero-order valence-electron chi connectivity index (χ0n) is 11.5. The quantitative estimate of drug-likeness (QED) is 0.490. The van der Waals surface area contributed by atoms with E-state index >= 15 is 0 Å². The summed E-state index contributed by atoms with van der Waals surface area (Å²) in [5, 5.41) is 8.94. The molecule has 8 heteroatoms. The van der Waals surface area contributed by atoms with Gasteiger partial charge in [0.25, 0.3) is 5.91 Å². The molecule has 2 N–H and O–H groups in total. The monoisotopic (exact) mass is 331 g/mol. The van der Waals surface area contributed by atoms with Crippen molar-refractivity contribution in [3.8, 4) is 0 Å². The first-order valence-electron chi connectivity index (χ1n) is 6.39. The summed E-state index contributed by atoms with van der Waals surface area (Å²) >= 11 is 1.50. The van der Waals surface area contributed by atoms with Crippen molar-refractivity contribution in [1.82, 2.24) is 5.48 Å². The van der Waals surface area contributed by atoms with E-state index in [-0.39, 0.29) is 31.0 Å². The highest BCUT2D eigenvalue weighted by Gasteiger charge is 2.52. The van der Waals surface area contributed by atoms with Gasteiger partial charge in [0.1, 0.15) is 0 Å². The topological polar surface area (TPSA) is 92.7 Å². The van der Waals surface area contributed by atoms with Crippen LogP contribution in [0, 0.1) is 0 Å². The van der Waals surface area contributed by atoms with Gasteiger partial charge in [-0.05, 0) is 43.4 Å². The average Bonchev–Trinajstić information content (AvgIpc) is 2.54. The zero-order valence-corrected chi connectivity index (χ0v) is 13.2. The van der Waals surface area contributed by atoms with Gasteiger partial charge in [-0.15, -0.1) is 11.8 Å². The van der Waals surface area contributed by atoms with Gasteiger partial charge < -0.3 is 4.74 Å². The van der Waals surface area contributed by atoms with Crippen LogP contribution < -0.4 is 5.48 Å². The molecule has 1 fully saturated rings. The summed E-state index contributed by atoms with van der Waals surface area (Å²) in [5.41, 5.74) is 1.50. The maximum absolute atomic E-state index is 12.9. The number of sulfone groups is 1. The number of ether oxygens (including phenoxy) is 1. The Morgan fingerprint density at radius 3 is 2.33 bits per heavy atom. The molecule has 1 amide bonds. The maximum Gasteiger partial charge on any atom is 0.265 e. The van der Waals surface area contributed by atoms with E-state index in [9.17, 15) is 13.2 Å². The molecule has 0 spiro atoms. The standard InChI is InChI=1S/C13H17NO5S2/c1-20-10-2-4-11(5-3-10)21(17,18)13(12(15)14-16)6-8-19-9-7-13/h2-5,16H,6-9H2,1H3,(H,14,15). The third-order valence-corrected chi connectivity index (χ3v) is 6.96. The SMILES string of the molecule is CSc1ccc(S(=O)(=O)C2(C(=O)NO)CCOCC2)cc1. The van der Waals surface area contributed by atoms with Crippen LogP contribution in [0.2, 0.25) is 0 Å². The summed E-state index contributed by atoms with van der Waals surface area (Å²) in [6, 6.07) is 6.37. The summed E-state index contributed by atoms with van der Waals surface area (Å²) in [6.07, 6.45) is 1.93. The van der Waals surface area contributed by atoms with Gasteiger partial charge >= 0.3 is 0 Å². The summed E-state index contributed by atoms with van der Waals surface area (Å²) < 4.78 is 29.2. The minimum absolute atomic E-state index is 0.0198. The first-order valence-corrected chi connectivity index (χ1v) is 9.10. The van der Waals surface area contributed by atoms with E-state index in [2.05, 4.69) is 0 Å². The summed E-state index contributed by atoms with van der Waals surface area (Å²) in [5.74, 6) is -0.903. The molecule has 6 nitrogen and oxygen atoms in total. The number of benzene rings is 1. The molecule has 1 aromatic carbocycles. The fraction of sp³-hybridized carbons (Fsp3) is 0.462. The summed E-state index contributed by atoms with van der Waals surface area (Å²) in [6.45, 7) is 0.324. The molecule has 1 saturated heterocycles. The van der Waals surface area contributed by atoms with E-state index in [0.29, 0.717) is 0 Å². The number of carbonyl (C=O) groups is 1. The molecule has 0 radical (unpaired) electrons. The van der Waals surface area contributed by atoms with Crippen LogP contribution in [0.3, 0.4) is 0 Å². The van der Waals surface area contributed by atoms with Gasteiger partial charge in [0.15, 0.2) is 14.6 Å². The minimum Gasteiger partial charge on any atom is -0.381 e. The Kier molecular flexibility index (Phi) is 4.92. The second-order valence-electron chi connectivity index (χ2n) is 4.73. The normalized spacial score (nSPS) is 18.2. The Balaban J connectivity index is 2.48. The molecule has 0 atom stereocenters. The molecule has 2 rings (SSSR count). The van der Waals surface area contributed by atoms with Crippen LogP contribution in [0.15, 0.2) is 34.1 Å². The van der Waals surface area contributed by atoms with Crippen molar-refractivity contribution in [2.24, 2.45) is 0 Å². The van der Waals surface area contributed by atoms with Crippen LogP contribution in [-0.4, -0.2) is 43.7 Å².